The maximum Gasteiger partial charge on any atom is 0.312 e. The highest BCUT2D eigenvalue weighted by molar-refractivity contribution is 6.12. The average Bonchev–Trinajstić information content (AvgIpc) is 3.15. The van der Waals surface area contributed by atoms with Gasteiger partial charge in [0.05, 0.1) is 6.04 Å². The number of hydrogen-bond acceptors (Lipinski definition) is 6. The van der Waals surface area contributed by atoms with Crippen molar-refractivity contribution in [3.8, 4) is 0 Å². The van der Waals surface area contributed by atoms with Gasteiger partial charge in [-0.3, -0.25) is 28.9 Å². The summed E-state index contributed by atoms with van der Waals surface area (Å²) in [6.45, 7) is 10.2. The van der Waals surface area contributed by atoms with Crippen LogP contribution < -0.4 is 21.7 Å². The molecule has 1 aliphatic heterocycles. The first kappa shape index (κ1) is 33.8. The topological polar surface area (TPSA) is 168 Å². The molecule has 0 aromatic rings. The molecule has 0 aromatic heterocycles. The summed E-state index contributed by atoms with van der Waals surface area (Å²) in [6.07, 6.45) is 6.77. The number of urea groups is 1. The highest BCUT2D eigenvalue weighted by Crippen LogP contribution is 2.10. The van der Waals surface area contributed by atoms with Crippen molar-refractivity contribution in [2.45, 2.75) is 98.1 Å². The van der Waals surface area contributed by atoms with E-state index in [4.69, 9.17) is 5.73 Å². The second kappa shape index (κ2) is 18.9. The van der Waals surface area contributed by atoms with Gasteiger partial charge in [-0.25, -0.2) is 4.79 Å². The summed E-state index contributed by atoms with van der Waals surface area (Å²) in [5.74, 6) is -1.69. The minimum atomic E-state index is -0.797. The largest absolute Gasteiger partial charge is 0.352 e. The molecule has 1 unspecified atom stereocenters. The Morgan fingerprint density at radius 1 is 0.919 bits per heavy atom. The lowest BCUT2D eigenvalue weighted by molar-refractivity contribution is -0.137. The van der Waals surface area contributed by atoms with E-state index >= 15 is 0 Å². The van der Waals surface area contributed by atoms with E-state index in [-0.39, 0.29) is 42.3 Å². The predicted octanol–water partition coefficient (Wildman–Crippen LogP) is 1.94. The molecule has 11 heteroatoms. The molecule has 11 nitrogen and oxygen atoms in total. The smallest absolute Gasteiger partial charge is 0.312 e. The SMILES string of the molecule is CCC.CCC(=O)[C@H](CCCNC(N)=O)NC(=O)C(NC(=O)CCCCCN1C(=O)C=CC1=O)C(C)C. The third-order valence-electron chi connectivity index (χ3n) is 5.47. The van der Waals surface area contributed by atoms with Crippen LogP contribution in [0.5, 0.6) is 0 Å². The van der Waals surface area contributed by atoms with E-state index in [1.165, 1.54) is 18.6 Å². The first-order valence-electron chi connectivity index (χ1n) is 13.2. The molecule has 5 N–H and O–H groups in total. The van der Waals surface area contributed by atoms with Crippen molar-refractivity contribution in [2.24, 2.45) is 11.7 Å². The van der Waals surface area contributed by atoms with Crippen LogP contribution in [-0.4, -0.2) is 65.5 Å². The van der Waals surface area contributed by atoms with Crippen LogP contribution in [0.25, 0.3) is 0 Å². The molecule has 1 rings (SSSR count). The summed E-state index contributed by atoms with van der Waals surface area (Å²) < 4.78 is 0. The number of nitrogens with one attached hydrogen (secondary N) is 3. The van der Waals surface area contributed by atoms with Crippen molar-refractivity contribution >= 4 is 35.4 Å². The van der Waals surface area contributed by atoms with Gasteiger partial charge in [0.2, 0.25) is 11.8 Å². The summed E-state index contributed by atoms with van der Waals surface area (Å²) in [5, 5.41) is 7.92. The second-order valence-corrected chi connectivity index (χ2v) is 9.28. The van der Waals surface area contributed by atoms with Crippen molar-refractivity contribution in [3.05, 3.63) is 12.2 Å². The van der Waals surface area contributed by atoms with Crippen LogP contribution in [0.1, 0.15) is 86.0 Å². The molecule has 0 aliphatic carbocycles. The zero-order valence-electron chi connectivity index (χ0n) is 22.9. The highest BCUT2D eigenvalue weighted by Gasteiger charge is 2.28. The lowest BCUT2D eigenvalue weighted by atomic mass is 10.00. The number of carbonyl (C=O) groups is 6. The molecule has 1 heterocycles. The number of ketones is 1. The van der Waals surface area contributed by atoms with Gasteiger partial charge in [0.15, 0.2) is 5.78 Å². The quantitative estimate of drug-likeness (QED) is 0.178. The fourth-order valence-electron chi connectivity index (χ4n) is 3.50. The van der Waals surface area contributed by atoms with Gasteiger partial charge in [0, 0.05) is 38.1 Å². The average molecular weight is 524 g/mol. The highest BCUT2D eigenvalue weighted by atomic mass is 16.2. The van der Waals surface area contributed by atoms with Crippen LogP contribution in [0.2, 0.25) is 0 Å². The normalized spacial score (nSPS) is 14.1. The molecule has 0 bridgehead atoms. The van der Waals surface area contributed by atoms with Gasteiger partial charge in [-0.05, 0) is 31.6 Å². The van der Waals surface area contributed by atoms with Gasteiger partial charge in [-0.2, -0.15) is 0 Å². The van der Waals surface area contributed by atoms with Gasteiger partial charge in [-0.15, -0.1) is 0 Å². The van der Waals surface area contributed by atoms with E-state index in [0.29, 0.717) is 45.2 Å². The number of primary amides is 1. The molecule has 0 radical (unpaired) electrons. The molecule has 37 heavy (non-hydrogen) atoms. The van der Waals surface area contributed by atoms with Crippen molar-refractivity contribution in [1.82, 2.24) is 20.9 Å². The van der Waals surface area contributed by atoms with Crippen molar-refractivity contribution < 1.29 is 28.8 Å². The fraction of sp³-hybridized carbons (Fsp3) is 0.692. The summed E-state index contributed by atoms with van der Waals surface area (Å²) in [4.78, 5) is 72.5. The third-order valence-corrected chi connectivity index (χ3v) is 5.47. The van der Waals surface area contributed by atoms with Crippen LogP contribution in [0, 0.1) is 5.92 Å². The van der Waals surface area contributed by atoms with E-state index < -0.39 is 24.0 Å². The van der Waals surface area contributed by atoms with Crippen LogP contribution in [0.15, 0.2) is 12.2 Å². The summed E-state index contributed by atoms with van der Waals surface area (Å²) in [6, 6.07) is -2.16. The molecule has 0 saturated carbocycles. The van der Waals surface area contributed by atoms with Crippen LogP contribution in [0.4, 0.5) is 4.79 Å². The lowest BCUT2D eigenvalue weighted by Crippen LogP contribution is -2.53. The van der Waals surface area contributed by atoms with Crippen molar-refractivity contribution in [3.63, 3.8) is 0 Å². The molecule has 210 valence electrons. The molecule has 0 spiro atoms. The van der Waals surface area contributed by atoms with Gasteiger partial charge in [-0.1, -0.05) is 47.5 Å². The van der Waals surface area contributed by atoms with Crippen LogP contribution in [-0.2, 0) is 24.0 Å². The third kappa shape index (κ3) is 14.2. The minimum absolute atomic E-state index is 0.133. The van der Waals surface area contributed by atoms with E-state index in [1.54, 1.807) is 20.8 Å². The number of imide groups is 1. The molecule has 2 atom stereocenters. The molecule has 6 amide bonds. The van der Waals surface area contributed by atoms with E-state index in [9.17, 15) is 28.8 Å². The maximum atomic E-state index is 12.8. The number of hydrogen-bond donors (Lipinski definition) is 4. The maximum absolute atomic E-state index is 12.8. The summed E-state index contributed by atoms with van der Waals surface area (Å²) >= 11 is 0. The minimum Gasteiger partial charge on any atom is -0.352 e. The van der Waals surface area contributed by atoms with E-state index in [0.717, 1.165) is 4.90 Å². The van der Waals surface area contributed by atoms with Crippen LogP contribution >= 0.6 is 0 Å². The Morgan fingerprint density at radius 2 is 1.51 bits per heavy atom. The number of unbranched alkanes of at least 4 members (excludes halogenated alkanes) is 2. The van der Waals surface area contributed by atoms with Crippen molar-refractivity contribution in [1.29, 1.82) is 0 Å². The molecule has 0 aromatic carbocycles. The fourth-order valence-corrected chi connectivity index (χ4v) is 3.50. The summed E-state index contributed by atoms with van der Waals surface area (Å²) in [7, 11) is 0. The Labute approximate surface area is 220 Å². The molecular weight excluding hydrogens is 478 g/mol. The number of rotatable bonds is 16. The second-order valence-electron chi connectivity index (χ2n) is 9.28. The number of nitrogens with two attached hydrogens (primary N) is 1. The monoisotopic (exact) mass is 523 g/mol. The van der Waals surface area contributed by atoms with Gasteiger partial charge >= 0.3 is 6.03 Å². The standard InChI is InChI=1S/C23H37N5O6.C3H8/c1-4-17(29)16(9-8-13-25-23(24)34)26-22(33)21(15(2)3)27-18(30)10-6-5-7-14-28-19(31)11-12-20(28)32;1-3-2/h11-12,15-16,21H,4-10,13-14H2,1-3H3,(H,26,33)(H,27,30)(H3,24,25,34);3H2,1-2H3/t16-,21?;/m0./s1. The Hall–Kier alpha value is -3.24. The zero-order valence-corrected chi connectivity index (χ0v) is 22.9. The number of nitrogens with zero attached hydrogens (tertiary/aromatic N) is 1. The molecule has 0 saturated heterocycles. The number of carbonyl (C=O) groups excluding carboxylic acids is 6. The number of Topliss-reactive ketones (excluding diaryl/α,β-unsaturated/α-hetero) is 1. The Morgan fingerprint density at radius 3 is 2.03 bits per heavy atom. The van der Waals surface area contributed by atoms with E-state index in [1.807, 2.05) is 0 Å². The van der Waals surface area contributed by atoms with Crippen LogP contribution in [0.3, 0.4) is 0 Å². The number of amides is 6. The molecule has 0 fully saturated rings. The van der Waals surface area contributed by atoms with E-state index in [2.05, 4.69) is 29.8 Å². The first-order valence-corrected chi connectivity index (χ1v) is 13.2. The van der Waals surface area contributed by atoms with Gasteiger partial charge < -0.3 is 21.7 Å². The molecular formula is C26H45N5O6. The first-order chi connectivity index (χ1) is 17.5. The zero-order chi connectivity index (χ0) is 28.4. The summed E-state index contributed by atoms with van der Waals surface area (Å²) in [5.41, 5.74) is 5.03. The lowest BCUT2D eigenvalue weighted by Gasteiger charge is -2.25. The predicted molar refractivity (Wildman–Crippen MR) is 141 cm³/mol. The van der Waals surface area contributed by atoms with Gasteiger partial charge in [0.1, 0.15) is 6.04 Å². The Bertz CT molecular complexity index is 793. The van der Waals surface area contributed by atoms with Gasteiger partial charge in [0.25, 0.3) is 11.8 Å². The Balaban J connectivity index is 0.00000410. The van der Waals surface area contributed by atoms with Crippen molar-refractivity contribution in [2.75, 3.05) is 13.1 Å². The Kier molecular flexibility index (Phi) is 17.3. The molecule has 1 aliphatic rings.